The maximum Gasteiger partial charge on any atom is 0.224 e. The van der Waals surface area contributed by atoms with Gasteiger partial charge in [-0.15, -0.1) is 0 Å². The topological polar surface area (TPSA) is 75.0 Å². The minimum Gasteiger partial charge on any atom is -0.393 e. The Morgan fingerprint density at radius 2 is 1.82 bits per heavy atom. The number of aromatic nitrogens is 3. The molecule has 1 fully saturated rings. The van der Waals surface area contributed by atoms with Crippen LogP contribution in [0.25, 0.3) is 22.2 Å². The highest BCUT2D eigenvalue weighted by Gasteiger charge is 2.24. The number of aliphatic hydroxyl groups is 1. The molecule has 6 nitrogen and oxygen atoms in total. The Labute approximate surface area is 204 Å². The van der Waals surface area contributed by atoms with E-state index < -0.39 is 0 Å². The molecule has 4 rings (SSSR count). The van der Waals surface area contributed by atoms with E-state index in [9.17, 15) is 5.11 Å². The Balaban J connectivity index is 1.65. The quantitative estimate of drug-likeness (QED) is 0.348. The average Bonchev–Trinajstić information content (AvgIpc) is 3.19. The number of nitrogens with zero attached hydrogens (tertiary/aromatic N) is 3. The van der Waals surface area contributed by atoms with Gasteiger partial charge in [-0.1, -0.05) is 51.5 Å². The molecule has 0 bridgehead atoms. The molecule has 1 atom stereocenters. The molecule has 3 aromatic rings. The molecule has 3 N–H and O–H groups in total. The van der Waals surface area contributed by atoms with Crippen LogP contribution >= 0.6 is 0 Å². The van der Waals surface area contributed by atoms with Crippen LogP contribution in [0.3, 0.4) is 0 Å². The maximum atomic E-state index is 10.0. The van der Waals surface area contributed by atoms with Gasteiger partial charge in [-0.25, -0.2) is 4.98 Å². The Morgan fingerprint density at radius 3 is 2.50 bits per heavy atom. The molecule has 0 saturated heterocycles. The highest BCUT2D eigenvalue weighted by atomic mass is 16.3. The summed E-state index contributed by atoms with van der Waals surface area (Å²) < 4.78 is 2.34. The summed E-state index contributed by atoms with van der Waals surface area (Å²) in [6.07, 6.45) is 9.93. The minimum atomic E-state index is -0.170. The summed E-state index contributed by atoms with van der Waals surface area (Å²) >= 11 is 0. The fraction of sp³-hybridized carbons (Fsp3) is 0.571. The van der Waals surface area contributed by atoms with E-state index in [-0.39, 0.29) is 6.10 Å². The van der Waals surface area contributed by atoms with Crippen molar-refractivity contribution in [1.29, 1.82) is 0 Å². The van der Waals surface area contributed by atoms with Gasteiger partial charge < -0.3 is 20.3 Å². The van der Waals surface area contributed by atoms with Crippen molar-refractivity contribution >= 4 is 17.0 Å². The second-order valence-electron chi connectivity index (χ2n) is 10.4. The Hall–Kier alpha value is -2.44. The van der Waals surface area contributed by atoms with E-state index in [1.807, 2.05) is 6.20 Å². The van der Waals surface area contributed by atoms with Crippen LogP contribution in [0.4, 0.5) is 5.95 Å². The monoisotopic (exact) mass is 463 g/mol. The highest BCUT2D eigenvalue weighted by Crippen LogP contribution is 2.36. The lowest BCUT2D eigenvalue weighted by Gasteiger charge is -2.27. The van der Waals surface area contributed by atoms with Crippen molar-refractivity contribution in [3.8, 4) is 11.1 Å². The van der Waals surface area contributed by atoms with E-state index >= 15 is 0 Å². The van der Waals surface area contributed by atoms with Crippen LogP contribution in [0.15, 0.2) is 36.7 Å². The van der Waals surface area contributed by atoms with Gasteiger partial charge >= 0.3 is 0 Å². The summed E-state index contributed by atoms with van der Waals surface area (Å²) in [5.41, 5.74) is 4.65. The number of aliphatic hydroxyl groups excluding tert-OH is 1. The van der Waals surface area contributed by atoms with Crippen LogP contribution < -0.4 is 10.6 Å². The smallest absolute Gasteiger partial charge is 0.224 e. The van der Waals surface area contributed by atoms with E-state index in [1.54, 1.807) is 0 Å². The number of fused-ring (bicyclic) bond motifs is 1. The number of anilines is 1. The normalized spacial score (nSPS) is 19.6. The Morgan fingerprint density at radius 1 is 1.09 bits per heavy atom. The number of nitrogens with one attached hydrogen (secondary N) is 2. The van der Waals surface area contributed by atoms with E-state index in [4.69, 9.17) is 4.98 Å². The Bertz CT molecular complexity index is 1050. The van der Waals surface area contributed by atoms with Crippen LogP contribution in [0.1, 0.15) is 77.8 Å². The van der Waals surface area contributed by atoms with Crippen LogP contribution in [0, 0.1) is 5.92 Å². The molecule has 34 heavy (non-hydrogen) atoms. The summed E-state index contributed by atoms with van der Waals surface area (Å²) in [5.74, 6) is 1.34. The maximum absolute atomic E-state index is 10.0. The molecule has 0 amide bonds. The van der Waals surface area contributed by atoms with Gasteiger partial charge in [0.1, 0.15) is 5.65 Å². The second kappa shape index (κ2) is 11.3. The van der Waals surface area contributed by atoms with Crippen LogP contribution in [0.2, 0.25) is 0 Å². The molecule has 6 heteroatoms. The van der Waals surface area contributed by atoms with E-state index in [2.05, 4.69) is 78.3 Å². The summed E-state index contributed by atoms with van der Waals surface area (Å²) in [6, 6.07) is 9.55. The van der Waals surface area contributed by atoms with Gasteiger partial charge in [0.15, 0.2) is 0 Å². The first kappa shape index (κ1) is 24.7. The van der Waals surface area contributed by atoms with Crippen molar-refractivity contribution in [1.82, 2.24) is 19.9 Å². The molecule has 1 aromatic carbocycles. The minimum absolute atomic E-state index is 0.170. The van der Waals surface area contributed by atoms with Crippen molar-refractivity contribution in [3.63, 3.8) is 0 Å². The predicted octanol–water partition coefficient (Wildman–Crippen LogP) is 5.92. The van der Waals surface area contributed by atoms with Crippen molar-refractivity contribution < 1.29 is 5.11 Å². The summed E-state index contributed by atoms with van der Waals surface area (Å²) in [6.45, 7) is 10.7. The third kappa shape index (κ3) is 5.97. The van der Waals surface area contributed by atoms with E-state index in [1.165, 1.54) is 16.7 Å². The van der Waals surface area contributed by atoms with Gasteiger partial charge in [-0.3, -0.25) is 0 Å². The van der Waals surface area contributed by atoms with Crippen LogP contribution in [-0.2, 0) is 6.54 Å². The molecule has 0 spiro atoms. The average molecular weight is 464 g/mol. The Kier molecular flexibility index (Phi) is 8.22. The molecular weight excluding hydrogens is 422 g/mol. The number of hydrogen-bond acceptors (Lipinski definition) is 5. The van der Waals surface area contributed by atoms with Crippen LogP contribution in [-0.4, -0.2) is 38.3 Å². The lowest BCUT2D eigenvalue weighted by Crippen LogP contribution is -2.21. The zero-order valence-electron chi connectivity index (χ0n) is 21.2. The molecule has 1 unspecified atom stereocenters. The van der Waals surface area contributed by atoms with E-state index in [0.717, 1.165) is 62.6 Å². The fourth-order valence-corrected chi connectivity index (χ4v) is 4.98. The van der Waals surface area contributed by atoms with Crippen molar-refractivity contribution in [2.75, 3.05) is 11.9 Å². The van der Waals surface area contributed by atoms with Crippen molar-refractivity contribution in [3.05, 3.63) is 42.2 Å². The number of rotatable bonds is 10. The third-order valence-electron chi connectivity index (χ3n) is 6.88. The van der Waals surface area contributed by atoms with Gasteiger partial charge in [0.25, 0.3) is 0 Å². The SMILES string of the molecule is CCCC(C)Nc1ncc2c(-c3ccc(CNCC(C)C)cc3)cn(C3CCC(O)CC3)c2n1. The lowest BCUT2D eigenvalue weighted by molar-refractivity contribution is 0.111. The van der Waals surface area contributed by atoms with Gasteiger partial charge in [-0.2, -0.15) is 4.98 Å². The van der Waals surface area contributed by atoms with Gasteiger partial charge in [0.05, 0.1) is 6.10 Å². The molecule has 184 valence electrons. The molecule has 0 radical (unpaired) electrons. The van der Waals surface area contributed by atoms with Crippen molar-refractivity contribution in [2.45, 2.75) is 91.0 Å². The van der Waals surface area contributed by atoms with Crippen molar-refractivity contribution in [2.24, 2.45) is 5.92 Å². The number of benzene rings is 1. The summed E-state index contributed by atoms with van der Waals surface area (Å²) in [7, 11) is 0. The molecule has 1 aliphatic rings. The van der Waals surface area contributed by atoms with E-state index in [0.29, 0.717) is 23.9 Å². The first-order valence-electron chi connectivity index (χ1n) is 13.1. The molecular formula is C28H41N5O. The molecule has 1 aliphatic carbocycles. The molecule has 2 aromatic heterocycles. The van der Waals surface area contributed by atoms with Gasteiger partial charge in [0.2, 0.25) is 5.95 Å². The first-order valence-corrected chi connectivity index (χ1v) is 13.1. The predicted molar refractivity (Wildman–Crippen MR) is 141 cm³/mol. The molecule has 1 saturated carbocycles. The summed E-state index contributed by atoms with van der Waals surface area (Å²) in [5, 5.41) is 18.1. The second-order valence-corrected chi connectivity index (χ2v) is 10.4. The van der Waals surface area contributed by atoms with Gasteiger partial charge in [0, 0.05) is 42.0 Å². The zero-order valence-corrected chi connectivity index (χ0v) is 21.2. The summed E-state index contributed by atoms with van der Waals surface area (Å²) in [4.78, 5) is 9.66. The largest absolute Gasteiger partial charge is 0.393 e. The standard InChI is InChI=1S/C28H41N5O/c1-5-6-20(4)31-28-30-17-25-26(22-9-7-21(8-10-22)16-29-15-19(2)3)18-33(27(25)32-28)23-11-13-24(34)14-12-23/h7-10,17-20,23-24,29,34H,5-6,11-16H2,1-4H3,(H,30,31,32). The third-order valence-corrected chi connectivity index (χ3v) is 6.88. The first-order chi connectivity index (χ1) is 16.4. The fourth-order valence-electron chi connectivity index (χ4n) is 4.98. The molecule has 2 heterocycles. The zero-order chi connectivity index (χ0) is 24.1. The number of hydrogen-bond donors (Lipinski definition) is 3. The van der Waals surface area contributed by atoms with Crippen LogP contribution in [0.5, 0.6) is 0 Å². The lowest BCUT2D eigenvalue weighted by atomic mass is 9.93. The highest BCUT2D eigenvalue weighted by molar-refractivity contribution is 5.94. The molecule has 0 aliphatic heterocycles. The van der Waals surface area contributed by atoms with Gasteiger partial charge in [-0.05, 0) is 62.6 Å².